The Bertz CT molecular complexity index is 1250. The van der Waals surface area contributed by atoms with Crippen molar-refractivity contribution in [3.8, 4) is 0 Å². The van der Waals surface area contributed by atoms with Crippen molar-refractivity contribution in [2.45, 2.75) is 65.1 Å². The second-order valence-corrected chi connectivity index (χ2v) is 11.3. The molecule has 0 unspecified atom stereocenters. The summed E-state index contributed by atoms with van der Waals surface area (Å²) in [6.45, 7) is 8.67. The third-order valence-electron chi connectivity index (χ3n) is 7.90. The lowest BCUT2D eigenvalue weighted by molar-refractivity contribution is -0.128. The van der Waals surface area contributed by atoms with Gasteiger partial charge in [0, 0.05) is 16.8 Å². The third kappa shape index (κ3) is 3.50. The molecule has 5 nitrogen and oxygen atoms in total. The van der Waals surface area contributed by atoms with Gasteiger partial charge < -0.3 is 9.88 Å². The first-order valence-electron chi connectivity index (χ1n) is 11.7. The molecule has 0 radical (unpaired) electrons. The minimum absolute atomic E-state index is 0.107. The molecule has 0 saturated heterocycles. The summed E-state index contributed by atoms with van der Waals surface area (Å²) in [5, 5.41) is 5.96. The molecule has 4 atom stereocenters. The number of thiophene rings is 1. The molecule has 5 rings (SSSR count). The summed E-state index contributed by atoms with van der Waals surface area (Å²) in [5.41, 5.74) is 2.01. The number of halogens is 1. The van der Waals surface area contributed by atoms with Crippen molar-refractivity contribution in [3.05, 3.63) is 52.0 Å². The lowest BCUT2D eigenvalue weighted by atomic mass is 9.77. The highest BCUT2D eigenvalue weighted by atomic mass is 35.5. The Morgan fingerprint density at radius 2 is 2.03 bits per heavy atom. The molecule has 2 aliphatic rings. The number of aromatic nitrogens is 1. The van der Waals surface area contributed by atoms with Crippen LogP contribution in [0.2, 0.25) is 5.02 Å². The van der Waals surface area contributed by atoms with Gasteiger partial charge in [0.1, 0.15) is 11.2 Å². The van der Waals surface area contributed by atoms with Crippen LogP contribution in [0.4, 0.5) is 5.69 Å². The monoisotopic (exact) mass is 483 g/mol. The normalized spacial score (nSPS) is 27.6. The van der Waals surface area contributed by atoms with E-state index in [1.807, 2.05) is 54.1 Å². The molecule has 33 heavy (non-hydrogen) atoms. The van der Waals surface area contributed by atoms with E-state index in [1.54, 1.807) is 16.2 Å². The molecule has 1 fully saturated rings. The van der Waals surface area contributed by atoms with Crippen LogP contribution in [0.5, 0.6) is 0 Å². The predicted octanol–water partition coefficient (Wildman–Crippen LogP) is 6.02. The number of carbonyl (C=O) groups excluding carboxylic acids is 2. The van der Waals surface area contributed by atoms with E-state index in [0.29, 0.717) is 34.8 Å². The number of nitrogens with zero attached hydrogens (tertiary/aromatic N) is 2. The Hall–Kier alpha value is -2.31. The van der Waals surface area contributed by atoms with Crippen molar-refractivity contribution in [2.24, 2.45) is 11.8 Å². The van der Waals surface area contributed by atoms with Gasteiger partial charge in [0.05, 0.1) is 16.8 Å². The standard InChI is InChI=1S/C26H30ClN3O2S/c1-15-7-5-9-19(16(15)2)28-25(32)26(4)14-29-21-11-12-33-23(21)13-22(29)24(31)30(26)20-10-6-8-18(27)17(20)3/h6,8,10-13,15-16,19H,5,7,9,14H2,1-4H3,(H,28,32)/t15-,16-,19+,26+/m0/s1. The quantitative estimate of drug-likeness (QED) is 0.494. The van der Waals surface area contributed by atoms with E-state index in [4.69, 9.17) is 11.6 Å². The maximum Gasteiger partial charge on any atom is 0.275 e. The van der Waals surface area contributed by atoms with Gasteiger partial charge in [0.2, 0.25) is 5.91 Å². The van der Waals surface area contributed by atoms with Gasteiger partial charge in [-0.05, 0) is 67.3 Å². The van der Waals surface area contributed by atoms with Crippen LogP contribution < -0.4 is 10.2 Å². The Kier molecular flexibility index (Phi) is 5.57. The van der Waals surface area contributed by atoms with Crippen LogP contribution in [0.15, 0.2) is 35.7 Å². The molecule has 2 amide bonds. The molecule has 3 heterocycles. The molecule has 1 aromatic carbocycles. The van der Waals surface area contributed by atoms with Crippen molar-refractivity contribution >= 4 is 50.7 Å². The summed E-state index contributed by atoms with van der Waals surface area (Å²) in [7, 11) is 0. The number of nitrogens with one attached hydrogen (secondary N) is 1. The van der Waals surface area contributed by atoms with Gasteiger partial charge >= 0.3 is 0 Å². The van der Waals surface area contributed by atoms with Crippen LogP contribution in [0, 0.1) is 18.8 Å². The topological polar surface area (TPSA) is 54.3 Å². The zero-order valence-electron chi connectivity index (χ0n) is 19.5. The average Bonchev–Trinajstić information content (AvgIpc) is 3.37. The number of amides is 2. The Morgan fingerprint density at radius 1 is 1.24 bits per heavy atom. The van der Waals surface area contributed by atoms with Gasteiger partial charge in [-0.3, -0.25) is 14.5 Å². The number of benzene rings is 1. The van der Waals surface area contributed by atoms with E-state index in [1.165, 1.54) is 6.42 Å². The average molecular weight is 484 g/mol. The highest BCUT2D eigenvalue weighted by Crippen LogP contribution is 2.40. The first-order chi connectivity index (χ1) is 15.7. The summed E-state index contributed by atoms with van der Waals surface area (Å²) in [6.07, 6.45) is 3.28. The SMILES string of the molecule is Cc1c(Cl)cccc1N1C(=O)c2cc3sccc3n2C[C@]1(C)C(=O)N[C@@H]1CCC[C@H](C)[C@@H]1C. The molecular weight excluding hydrogens is 454 g/mol. The van der Waals surface area contributed by atoms with Gasteiger partial charge in [-0.2, -0.15) is 0 Å². The van der Waals surface area contributed by atoms with Crippen molar-refractivity contribution in [3.63, 3.8) is 0 Å². The molecular formula is C26H30ClN3O2S. The van der Waals surface area contributed by atoms with E-state index in [-0.39, 0.29) is 17.9 Å². The highest BCUT2D eigenvalue weighted by Gasteiger charge is 2.50. The smallest absolute Gasteiger partial charge is 0.275 e. The van der Waals surface area contributed by atoms with Gasteiger partial charge in [0.25, 0.3) is 5.91 Å². The third-order valence-corrected chi connectivity index (χ3v) is 9.16. The fourth-order valence-electron chi connectivity index (χ4n) is 5.54. The lowest BCUT2D eigenvalue weighted by Crippen LogP contribution is -2.66. The summed E-state index contributed by atoms with van der Waals surface area (Å²) in [5.74, 6) is 0.692. The predicted molar refractivity (Wildman–Crippen MR) is 135 cm³/mol. The van der Waals surface area contributed by atoms with Crippen LogP contribution in [-0.4, -0.2) is 28.0 Å². The van der Waals surface area contributed by atoms with Gasteiger partial charge in [-0.1, -0.05) is 44.4 Å². The van der Waals surface area contributed by atoms with Crippen LogP contribution in [-0.2, 0) is 11.3 Å². The zero-order valence-corrected chi connectivity index (χ0v) is 21.1. The van der Waals surface area contributed by atoms with Gasteiger partial charge in [-0.15, -0.1) is 11.3 Å². The fraction of sp³-hybridized carbons (Fsp3) is 0.462. The number of fused-ring (bicyclic) bond motifs is 3. The first kappa shape index (κ1) is 22.5. The largest absolute Gasteiger partial charge is 0.351 e. The van der Waals surface area contributed by atoms with Crippen LogP contribution >= 0.6 is 22.9 Å². The minimum atomic E-state index is -1.09. The zero-order chi connectivity index (χ0) is 23.5. The number of hydrogen-bond acceptors (Lipinski definition) is 3. The Labute approximate surface area is 203 Å². The van der Waals surface area contributed by atoms with Crippen LogP contribution in [0.1, 0.15) is 56.1 Å². The molecule has 1 aliphatic carbocycles. The van der Waals surface area contributed by atoms with Crippen molar-refractivity contribution in [2.75, 3.05) is 4.90 Å². The summed E-state index contributed by atoms with van der Waals surface area (Å²) in [6, 6.07) is 9.63. The van der Waals surface area contributed by atoms with E-state index in [2.05, 4.69) is 19.2 Å². The van der Waals surface area contributed by atoms with Crippen molar-refractivity contribution in [1.82, 2.24) is 9.88 Å². The summed E-state index contributed by atoms with van der Waals surface area (Å²) >= 11 is 8.06. The second-order valence-electron chi connectivity index (χ2n) is 9.93. The molecule has 1 saturated carbocycles. The van der Waals surface area contributed by atoms with Crippen molar-refractivity contribution in [1.29, 1.82) is 0 Å². The molecule has 3 aromatic rings. The minimum Gasteiger partial charge on any atom is -0.351 e. The maximum absolute atomic E-state index is 14.0. The molecule has 0 bridgehead atoms. The lowest BCUT2D eigenvalue weighted by Gasteiger charge is -2.46. The Balaban J connectivity index is 1.61. The molecule has 174 valence electrons. The van der Waals surface area contributed by atoms with Crippen LogP contribution in [0.25, 0.3) is 10.2 Å². The number of hydrogen-bond donors (Lipinski definition) is 1. The van der Waals surface area contributed by atoms with Crippen molar-refractivity contribution < 1.29 is 9.59 Å². The van der Waals surface area contributed by atoms with Crippen LogP contribution in [0.3, 0.4) is 0 Å². The highest BCUT2D eigenvalue weighted by molar-refractivity contribution is 7.17. The maximum atomic E-state index is 14.0. The van der Waals surface area contributed by atoms with E-state index < -0.39 is 5.54 Å². The molecule has 2 aromatic heterocycles. The van der Waals surface area contributed by atoms with E-state index >= 15 is 0 Å². The molecule has 0 spiro atoms. The summed E-state index contributed by atoms with van der Waals surface area (Å²) in [4.78, 5) is 29.7. The fourth-order valence-corrected chi connectivity index (χ4v) is 6.53. The first-order valence-corrected chi connectivity index (χ1v) is 13.0. The number of rotatable bonds is 3. The molecule has 1 aliphatic heterocycles. The van der Waals surface area contributed by atoms with E-state index in [9.17, 15) is 9.59 Å². The second kappa shape index (κ2) is 8.17. The van der Waals surface area contributed by atoms with E-state index in [0.717, 1.165) is 28.6 Å². The number of carbonyl (C=O) groups is 2. The number of anilines is 1. The molecule has 7 heteroatoms. The summed E-state index contributed by atoms with van der Waals surface area (Å²) < 4.78 is 3.07. The Morgan fingerprint density at radius 3 is 2.82 bits per heavy atom. The van der Waals surface area contributed by atoms with Gasteiger partial charge in [0.15, 0.2) is 0 Å². The molecule has 1 N–H and O–H groups in total. The van der Waals surface area contributed by atoms with Gasteiger partial charge in [-0.25, -0.2) is 0 Å².